The van der Waals surface area contributed by atoms with Gasteiger partial charge < -0.3 is 10.1 Å². The summed E-state index contributed by atoms with van der Waals surface area (Å²) in [6.07, 6.45) is 2.56. The van der Waals surface area contributed by atoms with Gasteiger partial charge >= 0.3 is 0 Å². The molecule has 0 spiro atoms. The van der Waals surface area contributed by atoms with E-state index in [0.29, 0.717) is 23.7 Å². The van der Waals surface area contributed by atoms with Gasteiger partial charge in [0.15, 0.2) is 6.61 Å². The van der Waals surface area contributed by atoms with Crippen LogP contribution in [0.5, 0.6) is 5.75 Å². The number of hydrogen-bond donors (Lipinski definition) is 1. The Hall–Kier alpha value is -2.79. The van der Waals surface area contributed by atoms with Crippen LogP contribution in [0, 0.1) is 0 Å². The first kappa shape index (κ1) is 17.0. The molecule has 0 aliphatic heterocycles. The Bertz CT molecular complexity index is 833. The maximum absolute atomic E-state index is 11.8. The zero-order valence-electron chi connectivity index (χ0n) is 13.6. The first-order valence-corrected chi connectivity index (χ1v) is 8.34. The third kappa shape index (κ3) is 4.84. The van der Waals surface area contributed by atoms with Gasteiger partial charge in [0.25, 0.3) is 5.91 Å². The van der Waals surface area contributed by atoms with Crippen molar-refractivity contribution >= 4 is 17.5 Å². The fraction of sp³-hybridized carbons (Fsp3) is 0.158. The van der Waals surface area contributed by atoms with Crippen LogP contribution in [-0.2, 0) is 11.2 Å². The minimum absolute atomic E-state index is 0.0673. The Morgan fingerprint density at radius 3 is 2.64 bits per heavy atom. The van der Waals surface area contributed by atoms with Gasteiger partial charge in [0.1, 0.15) is 5.75 Å². The highest BCUT2D eigenvalue weighted by Gasteiger charge is 2.06. The molecule has 0 aliphatic carbocycles. The van der Waals surface area contributed by atoms with Crippen LogP contribution in [0.3, 0.4) is 0 Å². The smallest absolute Gasteiger partial charge is 0.257 e. The highest BCUT2D eigenvalue weighted by Crippen LogP contribution is 2.22. The minimum Gasteiger partial charge on any atom is -0.482 e. The summed E-state index contributed by atoms with van der Waals surface area (Å²) in [6, 6.07) is 18.9. The quantitative estimate of drug-likeness (QED) is 0.707. The molecule has 0 saturated heterocycles. The number of nitrogens with zero attached hydrogens (tertiary/aromatic N) is 2. The van der Waals surface area contributed by atoms with Crippen LogP contribution >= 0.6 is 11.6 Å². The normalized spacial score (nSPS) is 10.4. The van der Waals surface area contributed by atoms with Crippen LogP contribution in [-0.4, -0.2) is 28.8 Å². The van der Waals surface area contributed by atoms with Crippen molar-refractivity contribution in [3.05, 3.63) is 77.6 Å². The molecular weight excluding hydrogens is 338 g/mol. The van der Waals surface area contributed by atoms with Crippen molar-refractivity contribution in [1.29, 1.82) is 0 Å². The van der Waals surface area contributed by atoms with Crippen LogP contribution in [0.4, 0.5) is 0 Å². The van der Waals surface area contributed by atoms with Gasteiger partial charge in [-0.2, -0.15) is 5.10 Å². The van der Waals surface area contributed by atoms with Gasteiger partial charge in [-0.3, -0.25) is 4.79 Å². The zero-order valence-corrected chi connectivity index (χ0v) is 14.3. The summed E-state index contributed by atoms with van der Waals surface area (Å²) in [5, 5.41) is 7.80. The molecule has 0 bridgehead atoms. The molecule has 1 N–H and O–H groups in total. The molecule has 1 heterocycles. The van der Waals surface area contributed by atoms with Crippen LogP contribution < -0.4 is 10.1 Å². The fourth-order valence-electron chi connectivity index (χ4n) is 2.31. The highest BCUT2D eigenvalue weighted by atomic mass is 35.5. The number of aromatic nitrogens is 2. The Labute approximate surface area is 151 Å². The van der Waals surface area contributed by atoms with Gasteiger partial charge in [0, 0.05) is 19.2 Å². The van der Waals surface area contributed by atoms with Gasteiger partial charge in [-0.25, -0.2) is 4.68 Å². The SMILES string of the molecule is O=C(COc1ccccc1Cl)NCCc1ccn(-c2ccccc2)n1. The first-order valence-electron chi connectivity index (χ1n) is 7.96. The second kappa shape index (κ2) is 8.35. The van der Waals surface area contributed by atoms with Crippen LogP contribution in [0.1, 0.15) is 5.69 Å². The Morgan fingerprint density at radius 2 is 1.84 bits per heavy atom. The molecule has 0 fully saturated rings. The van der Waals surface area contributed by atoms with Crippen LogP contribution in [0.15, 0.2) is 66.9 Å². The number of amides is 1. The van der Waals surface area contributed by atoms with E-state index in [2.05, 4.69) is 10.4 Å². The summed E-state index contributed by atoms with van der Waals surface area (Å²) in [7, 11) is 0. The van der Waals surface area contributed by atoms with Crippen molar-refractivity contribution in [1.82, 2.24) is 15.1 Å². The number of hydrogen-bond acceptors (Lipinski definition) is 3. The molecule has 1 amide bonds. The van der Waals surface area contributed by atoms with E-state index < -0.39 is 0 Å². The van der Waals surface area contributed by atoms with E-state index >= 15 is 0 Å². The Kier molecular flexibility index (Phi) is 5.69. The predicted molar refractivity (Wildman–Crippen MR) is 97.2 cm³/mol. The Balaban J connectivity index is 1.43. The Morgan fingerprint density at radius 1 is 1.08 bits per heavy atom. The lowest BCUT2D eigenvalue weighted by Crippen LogP contribution is -2.30. The van der Waals surface area contributed by atoms with E-state index in [4.69, 9.17) is 16.3 Å². The third-order valence-corrected chi connectivity index (χ3v) is 3.88. The second-order valence-electron chi connectivity index (χ2n) is 5.41. The molecular formula is C19H18ClN3O2. The van der Waals surface area contributed by atoms with E-state index in [9.17, 15) is 4.79 Å². The number of benzene rings is 2. The van der Waals surface area contributed by atoms with Gasteiger partial charge in [0.05, 0.1) is 16.4 Å². The third-order valence-electron chi connectivity index (χ3n) is 3.56. The lowest BCUT2D eigenvalue weighted by Gasteiger charge is -2.08. The molecule has 0 aliphatic rings. The van der Waals surface area contributed by atoms with Crippen molar-refractivity contribution in [2.45, 2.75) is 6.42 Å². The van der Waals surface area contributed by atoms with Crippen LogP contribution in [0.25, 0.3) is 5.69 Å². The number of ether oxygens (including phenoxy) is 1. The molecule has 3 aromatic rings. The minimum atomic E-state index is -0.192. The number of carbonyl (C=O) groups is 1. The number of nitrogens with one attached hydrogen (secondary N) is 1. The molecule has 6 heteroatoms. The second-order valence-corrected chi connectivity index (χ2v) is 5.81. The van der Waals surface area contributed by atoms with Gasteiger partial charge in [-0.15, -0.1) is 0 Å². The van der Waals surface area contributed by atoms with Crippen molar-refractivity contribution < 1.29 is 9.53 Å². The van der Waals surface area contributed by atoms with Gasteiger partial charge in [-0.05, 0) is 30.3 Å². The predicted octanol–water partition coefficient (Wildman–Crippen LogP) is 3.26. The maximum atomic E-state index is 11.8. The molecule has 0 unspecified atom stereocenters. The molecule has 2 aromatic carbocycles. The van der Waals surface area contributed by atoms with Crippen molar-refractivity contribution in [2.24, 2.45) is 0 Å². The summed E-state index contributed by atoms with van der Waals surface area (Å²) in [5.74, 6) is 0.309. The fourth-order valence-corrected chi connectivity index (χ4v) is 2.50. The lowest BCUT2D eigenvalue weighted by molar-refractivity contribution is -0.123. The summed E-state index contributed by atoms with van der Waals surface area (Å²) in [6.45, 7) is 0.429. The van der Waals surface area contributed by atoms with Crippen molar-refractivity contribution in [2.75, 3.05) is 13.2 Å². The standard InChI is InChI=1S/C19H18ClN3O2/c20-17-8-4-5-9-18(17)25-14-19(24)21-12-10-15-11-13-23(22-15)16-6-2-1-3-7-16/h1-9,11,13H,10,12,14H2,(H,21,24). The van der Waals surface area contributed by atoms with E-state index in [-0.39, 0.29) is 12.5 Å². The van der Waals surface area contributed by atoms with Crippen LogP contribution in [0.2, 0.25) is 5.02 Å². The van der Waals surface area contributed by atoms with Gasteiger partial charge in [0.2, 0.25) is 0 Å². The monoisotopic (exact) mass is 355 g/mol. The van der Waals surface area contributed by atoms with E-state index in [1.165, 1.54) is 0 Å². The molecule has 0 saturated carbocycles. The molecule has 25 heavy (non-hydrogen) atoms. The first-order chi connectivity index (χ1) is 12.2. The number of carbonyl (C=O) groups excluding carboxylic acids is 1. The summed E-state index contributed by atoms with van der Waals surface area (Å²) < 4.78 is 7.22. The highest BCUT2D eigenvalue weighted by molar-refractivity contribution is 6.32. The molecule has 128 valence electrons. The number of halogens is 1. The molecule has 0 atom stereocenters. The van der Waals surface area contributed by atoms with Crippen molar-refractivity contribution in [3.8, 4) is 11.4 Å². The lowest BCUT2D eigenvalue weighted by atomic mass is 10.3. The van der Waals surface area contributed by atoms with Crippen molar-refractivity contribution in [3.63, 3.8) is 0 Å². The number of para-hydroxylation sites is 2. The topological polar surface area (TPSA) is 56.1 Å². The molecule has 0 radical (unpaired) electrons. The van der Waals surface area contributed by atoms with E-state index in [1.807, 2.05) is 59.4 Å². The van der Waals surface area contributed by atoms with E-state index in [1.54, 1.807) is 12.1 Å². The average Bonchev–Trinajstić information content (AvgIpc) is 3.11. The molecule has 1 aromatic heterocycles. The molecule has 5 nitrogen and oxygen atoms in total. The largest absolute Gasteiger partial charge is 0.482 e. The average molecular weight is 356 g/mol. The van der Waals surface area contributed by atoms with Gasteiger partial charge in [-0.1, -0.05) is 41.9 Å². The summed E-state index contributed by atoms with van der Waals surface area (Å²) in [5.41, 5.74) is 1.92. The summed E-state index contributed by atoms with van der Waals surface area (Å²) in [4.78, 5) is 11.8. The maximum Gasteiger partial charge on any atom is 0.257 e. The number of rotatable bonds is 7. The zero-order chi connectivity index (χ0) is 17.5. The van der Waals surface area contributed by atoms with E-state index in [0.717, 1.165) is 11.4 Å². The molecule has 3 rings (SSSR count). The summed E-state index contributed by atoms with van der Waals surface area (Å²) >= 11 is 5.98.